The average Bonchev–Trinajstić information content (AvgIpc) is 2.70. The molecule has 0 spiro atoms. The summed E-state index contributed by atoms with van der Waals surface area (Å²) in [4.78, 5) is 53.6. The van der Waals surface area contributed by atoms with E-state index in [1.54, 1.807) is 20.8 Å². The second-order valence-electron chi connectivity index (χ2n) is 11.8. The van der Waals surface area contributed by atoms with Crippen molar-refractivity contribution in [3.8, 4) is 0 Å². The Bertz CT molecular complexity index is 958. The number of nitrogens with two attached hydrogens (primary N) is 1. The van der Waals surface area contributed by atoms with Crippen molar-refractivity contribution in [2.75, 3.05) is 0 Å². The minimum Gasteiger partial charge on any atom is -0.444 e. The van der Waals surface area contributed by atoms with Crippen molar-refractivity contribution in [3.05, 3.63) is 34.9 Å². The Morgan fingerprint density at radius 1 is 1.00 bits per heavy atom. The Hall–Kier alpha value is -3.10. The van der Waals surface area contributed by atoms with Gasteiger partial charge in [0.25, 0.3) is 0 Å². The number of carbonyl (C=O) groups excluding carboxylic acids is 4. The zero-order valence-electron chi connectivity index (χ0n) is 24.2. The van der Waals surface area contributed by atoms with E-state index in [9.17, 15) is 19.2 Å². The number of benzene rings is 1. The number of alkyl carbamates (subject to hydrolysis) is 1. The third-order valence-electron chi connectivity index (χ3n) is 5.57. The van der Waals surface area contributed by atoms with Crippen molar-refractivity contribution in [1.29, 1.82) is 0 Å². The number of aryl methyl sites for hydroxylation is 2. The Kier molecular flexibility index (Phi) is 11.2. The summed E-state index contributed by atoms with van der Waals surface area (Å²) in [6.45, 7) is 18.4. The molecule has 1 rings (SSSR count). The quantitative estimate of drug-likeness (QED) is 0.430. The van der Waals surface area contributed by atoms with Crippen molar-refractivity contribution in [2.45, 2.75) is 118 Å². The number of hydrogen-bond donors (Lipinski definition) is 3. The number of amides is 4. The summed E-state index contributed by atoms with van der Waals surface area (Å²) in [5, 5.41) is 5.63. The number of hydrogen-bond acceptors (Lipinski definition) is 5. The molecule has 9 nitrogen and oxygen atoms in total. The van der Waals surface area contributed by atoms with Crippen LogP contribution >= 0.6 is 0 Å². The SMILES string of the molecule is CCC(C)N(C(=O)C(CCC(N)=O)NC(=O)OC(C)(C)C)C(C(=O)NC(C)(C)C)c1cc(C)cc(C)c1. The van der Waals surface area contributed by atoms with E-state index in [1.165, 1.54) is 4.90 Å². The number of rotatable bonds is 10. The fraction of sp³-hybridized carbons (Fsp3) is 0.643. The minimum atomic E-state index is -1.12. The standard InChI is InChI=1S/C28H46N4O5/c1-11-19(4)32(25(35)21(12-13-22(29)33)30-26(36)37-28(8,9)10)23(24(34)31-27(5,6)7)20-15-17(2)14-18(3)16-20/h14-16,19,21,23H,11-13H2,1-10H3,(H2,29,33)(H,30,36)(H,31,34). The van der Waals surface area contributed by atoms with Crippen LogP contribution in [0, 0.1) is 13.8 Å². The molecule has 1 aromatic carbocycles. The summed E-state index contributed by atoms with van der Waals surface area (Å²) in [6.07, 6.45) is -0.379. The van der Waals surface area contributed by atoms with Crippen molar-refractivity contribution >= 4 is 23.8 Å². The fourth-order valence-electron chi connectivity index (χ4n) is 4.01. The first-order chi connectivity index (χ1) is 16.8. The zero-order chi connectivity index (χ0) is 28.7. The lowest BCUT2D eigenvalue weighted by Gasteiger charge is -2.39. The third kappa shape index (κ3) is 10.8. The van der Waals surface area contributed by atoms with Gasteiger partial charge in [-0.1, -0.05) is 36.2 Å². The predicted octanol–water partition coefficient (Wildman–Crippen LogP) is 4.05. The summed E-state index contributed by atoms with van der Waals surface area (Å²) in [7, 11) is 0. The van der Waals surface area contributed by atoms with Gasteiger partial charge >= 0.3 is 6.09 Å². The monoisotopic (exact) mass is 518 g/mol. The summed E-state index contributed by atoms with van der Waals surface area (Å²) < 4.78 is 5.37. The molecule has 0 fully saturated rings. The minimum absolute atomic E-state index is 0.0270. The summed E-state index contributed by atoms with van der Waals surface area (Å²) in [6, 6.07) is 3.34. The molecule has 0 radical (unpaired) electrons. The Morgan fingerprint density at radius 2 is 1.54 bits per heavy atom. The maximum Gasteiger partial charge on any atom is 0.408 e. The van der Waals surface area contributed by atoms with Gasteiger partial charge in [-0.05, 0) is 80.7 Å². The Morgan fingerprint density at radius 3 is 1.97 bits per heavy atom. The molecule has 0 aliphatic rings. The van der Waals surface area contributed by atoms with Gasteiger partial charge < -0.3 is 26.0 Å². The van der Waals surface area contributed by atoms with Gasteiger partial charge in [-0.25, -0.2) is 4.79 Å². The highest BCUT2D eigenvalue weighted by atomic mass is 16.6. The van der Waals surface area contributed by atoms with Crippen molar-refractivity contribution in [1.82, 2.24) is 15.5 Å². The van der Waals surface area contributed by atoms with Crippen molar-refractivity contribution in [3.63, 3.8) is 0 Å². The van der Waals surface area contributed by atoms with Crippen LogP contribution in [-0.4, -0.2) is 51.9 Å². The summed E-state index contributed by atoms with van der Waals surface area (Å²) in [5.41, 5.74) is 6.61. The molecule has 3 atom stereocenters. The topological polar surface area (TPSA) is 131 Å². The average molecular weight is 519 g/mol. The van der Waals surface area contributed by atoms with Crippen LogP contribution in [-0.2, 0) is 19.1 Å². The van der Waals surface area contributed by atoms with Gasteiger partial charge in [-0.15, -0.1) is 0 Å². The number of primary amides is 1. The molecule has 9 heteroatoms. The van der Waals surface area contributed by atoms with Crippen molar-refractivity contribution < 1.29 is 23.9 Å². The Balaban J connectivity index is 3.64. The molecular formula is C28H46N4O5. The maximum absolute atomic E-state index is 14.1. The number of nitrogens with zero attached hydrogens (tertiary/aromatic N) is 1. The lowest BCUT2D eigenvalue weighted by atomic mass is 9.95. The van der Waals surface area contributed by atoms with Crippen LogP contribution in [0.4, 0.5) is 4.79 Å². The fourth-order valence-corrected chi connectivity index (χ4v) is 4.01. The van der Waals surface area contributed by atoms with Gasteiger partial charge in [0.15, 0.2) is 0 Å². The molecule has 0 aliphatic heterocycles. The van der Waals surface area contributed by atoms with E-state index in [1.807, 2.05) is 66.7 Å². The number of nitrogens with one attached hydrogen (secondary N) is 2. The van der Waals surface area contributed by atoms with E-state index >= 15 is 0 Å². The van der Waals surface area contributed by atoms with Crippen LogP contribution in [0.2, 0.25) is 0 Å². The van der Waals surface area contributed by atoms with Crippen LogP contribution in [0.5, 0.6) is 0 Å². The highest BCUT2D eigenvalue weighted by Crippen LogP contribution is 2.29. The first-order valence-electron chi connectivity index (χ1n) is 12.8. The van der Waals surface area contributed by atoms with Gasteiger partial charge in [-0.3, -0.25) is 14.4 Å². The lowest BCUT2D eigenvalue weighted by molar-refractivity contribution is -0.146. The third-order valence-corrected chi connectivity index (χ3v) is 5.57. The van der Waals surface area contributed by atoms with Crippen LogP contribution in [0.3, 0.4) is 0 Å². The van der Waals surface area contributed by atoms with Gasteiger partial charge in [-0.2, -0.15) is 0 Å². The normalized spacial score (nSPS) is 14.2. The molecule has 0 aliphatic carbocycles. The van der Waals surface area contributed by atoms with Crippen LogP contribution < -0.4 is 16.4 Å². The van der Waals surface area contributed by atoms with Crippen LogP contribution in [0.1, 0.15) is 97.4 Å². The molecule has 3 unspecified atom stereocenters. The molecule has 0 heterocycles. The highest BCUT2D eigenvalue weighted by molar-refractivity contribution is 5.93. The summed E-state index contributed by atoms with van der Waals surface area (Å²) >= 11 is 0. The smallest absolute Gasteiger partial charge is 0.408 e. The van der Waals surface area contributed by atoms with Gasteiger partial charge in [0, 0.05) is 18.0 Å². The van der Waals surface area contributed by atoms with E-state index in [4.69, 9.17) is 10.5 Å². The van der Waals surface area contributed by atoms with Gasteiger partial charge in [0.05, 0.1) is 0 Å². The lowest BCUT2D eigenvalue weighted by Crippen LogP contribution is -2.57. The van der Waals surface area contributed by atoms with Crippen LogP contribution in [0.25, 0.3) is 0 Å². The number of ether oxygens (including phenoxy) is 1. The van der Waals surface area contributed by atoms with Crippen molar-refractivity contribution in [2.24, 2.45) is 5.73 Å². The number of carbonyl (C=O) groups is 4. The molecular weight excluding hydrogens is 472 g/mol. The highest BCUT2D eigenvalue weighted by Gasteiger charge is 2.39. The molecule has 0 bridgehead atoms. The van der Waals surface area contributed by atoms with E-state index in [2.05, 4.69) is 10.6 Å². The first kappa shape index (κ1) is 31.9. The second kappa shape index (κ2) is 12.9. The maximum atomic E-state index is 14.1. The molecule has 0 saturated heterocycles. The molecule has 4 amide bonds. The van der Waals surface area contributed by atoms with E-state index in [0.717, 1.165) is 11.1 Å². The molecule has 0 aromatic heterocycles. The van der Waals surface area contributed by atoms with E-state index < -0.39 is 41.1 Å². The molecule has 0 saturated carbocycles. The predicted molar refractivity (Wildman–Crippen MR) is 145 cm³/mol. The molecule has 208 valence electrons. The molecule has 1 aromatic rings. The van der Waals surface area contributed by atoms with E-state index in [0.29, 0.717) is 12.0 Å². The van der Waals surface area contributed by atoms with Gasteiger partial charge in [0.1, 0.15) is 17.7 Å². The first-order valence-corrected chi connectivity index (χ1v) is 12.8. The zero-order valence-corrected chi connectivity index (χ0v) is 24.2. The molecule has 4 N–H and O–H groups in total. The van der Waals surface area contributed by atoms with Gasteiger partial charge in [0.2, 0.25) is 17.7 Å². The summed E-state index contributed by atoms with van der Waals surface area (Å²) in [5.74, 6) is -1.43. The van der Waals surface area contributed by atoms with Crippen LogP contribution in [0.15, 0.2) is 18.2 Å². The largest absolute Gasteiger partial charge is 0.444 e. The second-order valence-corrected chi connectivity index (χ2v) is 11.8. The van der Waals surface area contributed by atoms with E-state index in [-0.39, 0.29) is 24.8 Å². The molecule has 37 heavy (non-hydrogen) atoms. The Labute approximate surface area is 221 Å².